The van der Waals surface area contributed by atoms with E-state index in [4.69, 9.17) is 9.47 Å². The van der Waals surface area contributed by atoms with Crippen LogP contribution in [0.5, 0.6) is 0 Å². The lowest BCUT2D eigenvalue weighted by molar-refractivity contribution is -0.151. The van der Waals surface area contributed by atoms with Crippen LogP contribution in [0.4, 0.5) is 13.6 Å². The van der Waals surface area contributed by atoms with E-state index in [2.05, 4.69) is 0 Å². The SMILES string of the molecule is CN(C(=O)OCc1ccccc1)C(CCN1CCCC(F)(F)C1)C(=O)OCc1ccccc1. The number of carbonyl (C=O) groups excluding carboxylic acids is 2. The third-order valence-corrected chi connectivity index (χ3v) is 5.65. The highest BCUT2D eigenvalue weighted by molar-refractivity contribution is 5.81. The Hall–Kier alpha value is -3.00. The first-order valence-corrected chi connectivity index (χ1v) is 11.1. The van der Waals surface area contributed by atoms with Gasteiger partial charge in [0.2, 0.25) is 0 Å². The molecule has 0 aromatic heterocycles. The van der Waals surface area contributed by atoms with Gasteiger partial charge < -0.3 is 9.47 Å². The van der Waals surface area contributed by atoms with E-state index in [1.54, 1.807) is 4.90 Å². The van der Waals surface area contributed by atoms with Crippen molar-refractivity contribution in [3.05, 3.63) is 71.8 Å². The van der Waals surface area contributed by atoms with Gasteiger partial charge >= 0.3 is 12.1 Å². The molecule has 1 unspecified atom stereocenters. The Morgan fingerprint density at radius 2 is 1.58 bits per heavy atom. The number of rotatable bonds is 9. The fraction of sp³-hybridized carbons (Fsp3) is 0.440. The molecule has 0 saturated carbocycles. The zero-order chi connectivity index (χ0) is 23.7. The van der Waals surface area contributed by atoms with Crippen molar-refractivity contribution in [2.45, 2.75) is 44.4 Å². The van der Waals surface area contributed by atoms with Gasteiger partial charge in [0.1, 0.15) is 19.3 Å². The number of piperidine rings is 1. The number of benzene rings is 2. The second-order valence-electron chi connectivity index (χ2n) is 8.28. The molecular formula is C25H30F2N2O4. The number of carbonyl (C=O) groups is 2. The predicted molar refractivity (Wildman–Crippen MR) is 120 cm³/mol. The molecule has 8 heteroatoms. The molecule has 1 heterocycles. The monoisotopic (exact) mass is 460 g/mol. The largest absolute Gasteiger partial charge is 0.459 e. The van der Waals surface area contributed by atoms with E-state index in [0.29, 0.717) is 13.0 Å². The van der Waals surface area contributed by atoms with Crippen molar-refractivity contribution in [3.63, 3.8) is 0 Å². The van der Waals surface area contributed by atoms with Gasteiger partial charge in [0.05, 0.1) is 6.54 Å². The molecule has 2 aromatic rings. The summed E-state index contributed by atoms with van der Waals surface area (Å²) < 4.78 is 38.4. The first-order valence-electron chi connectivity index (χ1n) is 11.1. The third-order valence-electron chi connectivity index (χ3n) is 5.65. The zero-order valence-corrected chi connectivity index (χ0v) is 18.8. The molecule has 0 bridgehead atoms. The molecule has 178 valence electrons. The number of esters is 1. The van der Waals surface area contributed by atoms with Gasteiger partial charge in [-0.3, -0.25) is 9.80 Å². The summed E-state index contributed by atoms with van der Waals surface area (Å²) in [6, 6.07) is 17.4. The number of amides is 1. The molecule has 0 spiro atoms. The topological polar surface area (TPSA) is 59.1 Å². The molecule has 1 aliphatic heterocycles. The average Bonchev–Trinajstić information content (AvgIpc) is 2.82. The van der Waals surface area contributed by atoms with Crippen molar-refractivity contribution in [3.8, 4) is 0 Å². The van der Waals surface area contributed by atoms with Crippen LogP contribution in [0.15, 0.2) is 60.7 Å². The van der Waals surface area contributed by atoms with E-state index >= 15 is 0 Å². The Balaban J connectivity index is 1.62. The standard InChI is InChI=1S/C25H30F2N2O4/c1-28(24(31)33-18-21-11-6-3-7-12-21)22(13-16-29-15-8-14-25(26,27)19-29)23(30)32-17-20-9-4-2-5-10-20/h2-7,9-12,22H,8,13-19H2,1H3. The Bertz CT molecular complexity index is 896. The van der Waals surface area contributed by atoms with E-state index in [0.717, 1.165) is 11.1 Å². The number of likely N-dealkylation sites (N-methyl/N-ethyl adjacent to an activating group) is 1. The van der Waals surface area contributed by atoms with Crippen LogP contribution in [0.3, 0.4) is 0 Å². The fourth-order valence-corrected chi connectivity index (χ4v) is 3.79. The fourth-order valence-electron chi connectivity index (χ4n) is 3.79. The zero-order valence-electron chi connectivity index (χ0n) is 18.8. The van der Waals surface area contributed by atoms with Crippen molar-refractivity contribution in [1.29, 1.82) is 0 Å². The molecule has 1 fully saturated rings. The van der Waals surface area contributed by atoms with Crippen molar-refractivity contribution in [1.82, 2.24) is 9.80 Å². The molecule has 1 atom stereocenters. The van der Waals surface area contributed by atoms with Gasteiger partial charge in [0.15, 0.2) is 0 Å². The second-order valence-corrected chi connectivity index (χ2v) is 8.28. The molecular weight excluding hydrogens is 430 g/mol. The maximum atomic E-state index is 13.8. The van der Waals surface area contributed by atoms with Crippen molar-refractivity contribution < 1.29 is 27.8 Å². The summed E-state index contributed by atoms with van der Waals surface area (Å²) in [7, 11) is 1.46. The summed E-state index contributed by atoms with van der Waals surface area (Å²) in [6.45, 7) is 0.556. The maximum absolute atomic E-state index is 13.8. The van der Waals surface area contributed by atoms with Gasteiger partial charge in [-0.15, -0.1) is 0 Å². The molecule has 1 saturated heterocycles. The van der Waals surface area contributed by atoms with Gasteiger partial charge in [0, 0.05) is 20.0 Å². The van der Waals surface area contributed by atoms with Crippen LogP contribution in [0.1, 0.15) is 30.4 Å². The van der Waals surface area contributed by atoms with E-state index in [1.165, 1.54) is 11.9 Å². The molecule has 1 amide bonds. The van der Waals surface area contributed by atoms with Crippen LogP contribution in [0.2, 0.25) is 0 Å². The lowest BCUT2D eigenvalue weighted by atomic mass is 10.1. The van der Waals surface area contributed by atoms with Gasteiger partial charge in [-0.05, 0) is 30.5 Å². The number of halogens is 2. The van der Waals surface area contributed by atoms with Crippen molar-refractivity contribution in [2.24, 2.45) is 0 Å². The van der Waals surface area contributed by atoms with Gasteiger partial charge in [0.25, 0.3) is 5.92 Å². The van der Waals surface area contributed by atoms with E-state index in [1.807, 2.05) is 60.7 Å². The number of ether oxygens (including phenoxy) is 2. The van der Waals surface area contributed by atoms with Crippen molar-refractivity contribution in [2.75, 3.05) is 26.7 Å². The highest BCUT2D eigenvalue weighted by Crippen LogP contribution is 2.26. The molecule has 1 aliphatic rings. The van der Waals surface area contributed by atoms with Crippen LogP contribution in [0, 0.1) is 0 Å². The first kappa shape index (κ1) is 24.6. The summed E-state index contributed by atoms with van der Waals surface area (Å²) in [5.41, 5.74) is 1.63. The third kappa shape index (κ3) is 7.82. The number of likely N-dealkylation sites (tertiary alicyclic amines) is 1. The Labute approximate surface area is 193 Å². The quantitative estimate of drug-likeness (QED) is 0.516. The summed E-state index contributed by atoms with van der Waals surface area (Å²) in [6.07, 6.45) is -0.242. The highest BCUT2D eigenvalue weighted by Gasteiger charge is 2.36. The number of hydrogen-bond acceptors (Lipinski definition) is 5. The number of hydrogen-bond donors (Lipinski definition) is 0. The molecule has 0 aliphatic carbocycles. The molecule has 6 nitrogen and oxygen atoms in total. The van der Waals surface area contributed by atoms with E-state index in [-0.39, 0.29) is 39.1 Å². The second kappa shape index (κ2) is 11.7. The maximum Gasteiger partial charge on any atom is 0.410 e. The summed E-state index contributed by atoms with van der Waals surface area (Å²) >= 11 is 0. The first-order chi connectivity index (χ1) is 15.8. The Kier molecular flexibility index (Phi) is 8.77. The molecule has 0 N–H and O–H groups in total. The van der Waals surface area contributed by atoms with E-state index < -0.39 is 24.0 Å². The van der Waals surface area contributed by atoms with Crippen LogP contribution in [-0.4, -0.2) is 60.5 Å². The van der Waals surface area contributed by atoms with Crippen LogP contribution < -0.4 is 0 Å². The Morgan fingerprint density at radius 3 is 2.15 bits per heavy atom. The lowest BCUT2D eigenvalue weighted by Crippen LogP contribution is -2.48. The molecule has 0 radical (unpaired) electrons. The predicted octanol–water partition coefficient (Wildman–Crippen LogP) is 4.49. The molecule has 33 heavy (non-hydrogen) atoms. The van der Waals surface area contributed by atoms with Crippen LogP contribution in [0.25, 0.3) is 0 Å². The highest BCUT2D eigenvalue weighted by atomic mass is 19.3. The smallest absolute Gasteiger partial charge is 0.410 e. The summed E-state index contributed by atoms with van der Waals surface area (Å²) in [5, 5.41) is 0. The summed E-state index contributed by atoms with van der Waals surface area (Å²) in [5.74, 6) is -3.33. The number of nitrogens with zero attached hydrogens (tertiary/aromatic N) is 2. The normalized spacial score (nSPS) is 16.6. The lowest BCUT2D eigenvalue weighted by Gasteiger charge is -2.34. The van der Waals surface area contributed by atoms with Gasteiger partial charge in [-0.25, -0.2) is 18.4 Å². The summed E-state index contributed by atoms with van der Waals surface area (Å²) in [4.78, 5) is 28.4. The molecule has 3 rings (SSSR count). The molecule has 2 aromatic carbocycles. The number of alkyl halides is 2. The minimum atomic E-state index is -2.73. The van der Waals surface area contributed by atoms with Gasteiger partial charge in [-0.1, -0.05) is 60.7 Å². The minimum Gasteiger partial charge on any atom is -0.459 e. The van der Waals surface area contributed by atoms with Crippen LogP contribution in [-0.2, 0) is 27.5 Å². The van der Waals surface area contributed by atoms with Crippen molar-refractivity contribution >= 4 is 12.1 Å². The van der Waals surface area contributed by atoms with Gasteiger partial charge in [-0.2, -0.15) is 0 Å². The van der Waals surface area contributed by atoms with E-state index in [9.17, 15) is 18.4 Å². The Morgan fingerprint density at radius 1 is 1.00 bits per heavy atom. The average molecular weight is 461 g/mol. The van der Waals surface area contributed by atoms with Crippen LogP contribution >= 0.6 is 0 Å². The minimum absolute atomic E-state index is 0.0604.